The number of hydrogen-bond donors (Lipinski definition) is 0. The molecule has 0 aromatic heterocycles. The molecule has 1 fully saturated rings. The van der Waals surface area contributed by atoms with E-state index in [1.165, 1.54) is 11.1 Å². The molecule has 2 atom stereocenters. The van der Waals surface area contributed by atoms with Crippen LogP contribution in [0.5, 0.6) is 0 Å². The van der Waals surface area contributed by atoms with E-state index in [9.17, 15) is 4.79 Å². The van der Waals surface area contributed by atoms with Crippen molar-refractivity contribution in [3.05, 3.63) is 71.8 Å². The van der Waals surface area contributed by atoms with Gasteiger partial charge in [-0.3, -0.25) is 9.69 Å². The Hall–Kier alpha value is -2.21. The van der Waals surface area contributed by atoms with E-state index >= 15 is 0 Å². The summed E-state index contributed by atoms with van der Waals surface area (Å²) in [6.07, 6.45) is 4.89. The predicted molar refractivity (Wildman–Crippen MR) is 133 cm³/mol. The van der Waals surface area contributed by atoms with Crippen LogP contribution in [0, 0.1) is 0 Å². The molecule has 0 amide bonds. The standard InChI is InChI=1S/C28H40N2O3/c1-3-33-28(31)17-11-6-12-19-29-20-18-26(27(23-29)32-2)30(21-24-13-7-4-8-14-24)22-25-15-9-5-10-16-25/h4-5,7-10,13-16,26-27H,3,6,11-12,17-23H2,1-2H3/t26?,27-/m0/s1. The number of ether oxygens (including phenoxy) is 2. The smallest absolute Gasteiger partial charge is 0.305 e. The first-order valence-electron chi connectivity index (χ1n) is 12.4. The molecule has 1 aliphatic rings. The van der Waals surface area contributed by atoms with Crippen molar-refractivity contribution in [2.75, 3.05) is 33.4 Å². The fourth-order valence-corrected chi connectivity index (χ4v) is 4.76. The van der Waals surface area contributed by atoms with Crippen LogP contribution in [0.3, 0.4) is 0 Å². The maximum absolute atomic E-state index is 11.5. The third-order valence-corrected chi connectivity index (χ3v) is 6.50. The van der Waals surface area contributed by atoms with Crippen molar-refractivity contribution in [3.8, 4) is 0 Å². The van der Waals surface area contributed by atoms with Gasteiger partial charge in [0.05, 0.1) is 12.7 Å². The van der Waals surface area contributed by atoms with Crippen LogP contribution in [0.15, 0.2) is 60.7 Å². The number of hydrogen-bond acceptors (Lipinski definition) is 5. The van der Waals surface area contributed by atoms with Crippen molar-refractivity contribution in [1.29, 1.82) is 0 Å². The van der Waals surface area contributed by atoms with Crippen molar-refractivity contribution >= 4 is 5.97 Å². The van der Waals surface area contributed by atoms with Crippen LogP contribution in [0.2, 0.25) is 0 Å². The molecule has 1 saturated heterocycles. The lowest BCUT2D eigenvalue weighted by Gasteiger charge is -2.43. The molecule has 3 rings (SSSR count). The van der Waals surface area contributed by atoms with Crippen LogP contribution in [0.4, 0.5) is 0 Å². The Kier molecular flexibility index (Phi) is 10.9. The highest BCUT2D eigenvalue weighted by atomic mass is 16.5. The largest absolute Gasteiger partial charge is 0.466 e. The second-order valence-corrected chi connectivity index (χ2v) is 8.92. The molecule has 180 valence electrons. The molecule has 0 aliphatic carbocycles. The molecular weight excluding hydrogens is 412 g/mol. The van der Waals surface area contributed by atoms with Crippen LogP contribution >= 0.6 is 0 Å². The number of nitrogens with zero attached hydrogens (tertiary/aromatic N) is 2. The summed E-state index contributed by atoms with van der Waals surface area (Å²) in [6, 6.07) is 21.9. The first-order valence-corrected chi connectivity index (χ1v) is 12.4. The molecular formula is C28H40N2O3. The monoisotopic (exact) mass is 452 g/mol. The molecule has 2 aromatic carbocycles. The maximum Gasteiger partial charge on any atom is 0.305 e. The minimum absolute atomic E-state index is 0.0744. The molecule has 0 spiro atoms. The van der Waals surface area contributed by atoms with E-state index in [1.54, 1.807) is 0 Å². The molecule has 0 radical (unpaired) electrons. The van der Waals surface area contributed by atoms with Gasteiger partial charge in [0.25, 0.3) is 0 Å². The van der Waals surface area contributed by atoms with Gasteiger partial charge in [0.1, 0.15) is 0 Å². The summed E-state index contributed by atoms with van der Waals surface area (Å²) >= 11 is 0. The van der Waals surface area contributed by atoms with E-state index in [1.807, 2.05) is 14.0 Å². The Morgan fingerprint density at radius 1 is 0.970 bits per heavy atom. The second kappa shape index (κ2) is 14.1. The average molecular weight is 453 g/mol. The van der Waals surface area contributed by atoms with Crippen molar-refractivity contribution in [1.82, 2.24) is 9.80 Å². The molecule has 0 saturated carbocycles. The molecule has 1 heterocycles. The Bertz CT molecular complexity index is 758. The lowest BCUT2D eigenvalue weighted by Crippen LogP contribution is -2.54. The Morgan fingerprint density at radius 3 is 2.18 bits per heavy atom. The number of esters is 1. The van der Waals surface area contributed by atoms with Crippen LogP contribution in [0.25, 0.3) is 0 Å². The maximum atomic E-state index is 11.5. The Balaban J connectivity index is 1.55. The number of benzene rings is 2. The summed E-state index contributed by atoms with van der Waals surface area (Å²) < 4.78 is 11.0. The number of likely N-dealkylation sites (tertiary alicyclic amines) is 1. The summed E-state index contributed by atoms with van der Waals surface area (Å²) in [6.45, 7) is 7.28. The van der Waals surface area contributed by atoms with Crippen molar-refractivity contribution in [2.24, 2.45) is 0 Å². The average Bonchev–Trinajstić information content (AvgIpc) is 2.85. The van der Waals surface area contributed by atoms with E-state index in [-0.39, 0.29) is 12.1 Å². The minimum Gasteiger partial charge on any atom is -0.466 e. The highest BCUT2D eigenvalue weighted by Crippen LogP contribution is 2.24. The van der Waals surface area contributed by atoms with Gasteiger partial charge in [0, 0.05) is 39.2 Å². The molecule has 1 aliphatic heterocycles. The lowest BCUT2D eigenvalue weighted by molar-refractivity contribution is -0.143. The number of methoxy groups -OCH3 is 1. The molecule has 33 heavy (non-hydrogen) atoms. The molecule has 0 N–H and O–H groups in total. The van der Waals surface area contributed by atoms with Gasteiger partial charge in [0.15, 0.2) is 0 Å². The first-order chi connectivity index (χ1) is 16.2. The van der Waals surface area contributed by atoms with E-state index in [4.69, 9.17) is 9.47 Å². The molecule has 5 heteroatoms. The van der Waals surface area contributed by atoms with Gasteiger partial charge in [-0.15, -0.1) is 0 Å². The lowest BCUT2D eigenvalue weighted by atomic mass is 9.97. The highest BCUT2D eigenvalue weighted by molar-refractivity contribution is 5.69. The predicted octanol–water partition coefficient (Wildman–Crippen LogP) is 4.90. The highest BCUT2D eigenvalue weighted by Gasteiger charge is 2.33. The fraction of sp³-hybridized carbons (Fsp3) is 0.536. The minimum atomic E-state index is -0.0744. The van der Waals surface area contributed by atoms with Gasteiger partial charge in [-0.2, -0.15) is 0 Å². The SMILES string of the molecule is CCOC(=O)CCCCCN1CCC(N(Cc2ccccc2)Cc2ccccc2)[C@@H](OC)C1. The molecule has 0 bridgehead atoms. The third-order valence-electron chi connectivity index (χ3n) is 6.50. The first kappa shape index (κ1) is 25.4. The number of carbonyl (C=O) groups is 1. The topological polar surface area (TPSA) is 42.0 Å². The van der Waals surface area contributed by atoms with Crippen molar-refractivity contribution < 1.29 is 14.3 Å². The zero-order valence-corrected chi connectivity index (χ0v) is 20.3. The van der Waals surface area contributed by atoms with Crippen molar-refractivity contribution in [3.63, 3.8) is 0 Å². The number of unbranched alkanes of at least 4 members (excludes halogenated alkanes) is 2. The number of carbonyl (C=O) groups excluding carboxylic acids is 1. The van der Waals surface area contributed by atoms with Crippen molar-refractivity contribution in [2.45, 2.75) is 64.3 Å². The number of rotatable bonds is 13. The summed E-state index contributed by atoms with van der Waals surface area (Å²) in [5.74, 6) is -0.0744. The van der Waals surface area contributed by atoms with E-state index in [0.717, 1.165) is 58.4 Å². The molecule has 1 unspecified atom stereocenters. The quantitative estimate of drug-likeness (QED) is 0.319. The van der Waals surface area contributed by atoms with Crippen LogP contribution in [0.1, 0.15) is 50.2 Å². The van der Waals surface area contributed by atoms with Gasteiger partial charge in [-0.05, 0) is 50.4 Å². The van der Waals surface area contributed by atoms with Gasteiger partial charge < -0.3 is 14.4 Å². The summed E-state index contributed by atoms with van der Waals surface area (Å²) in [5.41, 5.74) is 2.68. The Morgan fingerprint density at radius 2 is 1.61 bits per heavy atom. The Labute approximate surface area is 199 Å². The molecule has 5 nitrogen and oxygen atoms in total. The fourth-order valence-electron chi connectivity index (χ4n) is 4.76. The van der Waals surface area contributed by atoms with Crippen LogP contribution in [-0.2, 0) is 27.4 Å². The van der Waals surface area contributed by atoms with E-state index in [2.05, 4.69) is 70.5 Å². The zero-order chi connectivity index (χ0) is 23.3. The van der Waals surface area contributed by atoms with Crippen LogP contribution in [-0.4, -0.2) is 61.3 Å². The van der Waals surface area contributed by atoms with Gasteiger partial charge in [0.2, 0.25) is 0 Å². The summed E-state index contributed by atoms with van der Waals surface area (Å²) in [4.78, 5) is 16.6. The van der Waals surface area contributed by atoms with Crippen LogP contribution < -0.4 is 0 Å². The third kappa shape index (κ3) is 8.58. The van der Waals surface area contributed by atoms with Gasteiger partial charge in [-0.1, -0.05) is 67.1 Å². The van der Waals surface area contributed by atoms with E-state index in [0.29, 0.717) is 19.1 Å². The van der Waals surface area contributed by atoms with Gasteiger partial charge >= 0.3 is 5.97 Å². The summed E-state index contributed by atoms with van der Waals surface area (Å²) in [5, 5.41) is 0. The zero-order valence-electron chi connectivity index (χ0n) is 20.3. The van der Waals surface area contributed by atoms with Gasteiger partial charge in [-0.25, -0.2) is 0 Å². The number of piperidine rings is 1. The normalized spacial score (nSPS) is 19.0. The summed E-state index contributed by atoms with van der Waals surface area (Å²) in [7, 11) is 1.85. The van der Waals surface area contributed by atoms with E-state index < -0.39 is 0 Å². The molecule has 2 aromatic rings. The second-order valence-electron chi connectivity index (χ2n) is 8.92.